The van der Waals surface area contributed by atoms with Crippen LogP contribution in [0.1, 0.15) is 32.3 Å². The average Bonchev–Trinajstić information content (AvgIpc) is 2.51. The van der Waals surface area contributed by atoms with Crippen molar-refractivity contribution in [3.8, 4) is 5.75 Å². The standard InChI is InChI=1S/C16H25F2N3O.HI/c1-3-5-9-20-16(19-4-2)21-11-13-7-6-8-14(10-13)22-12-15(17)18;/h6-8,10,15H,3-5,9,11-12H2,1-2H3,(H2,19,20,21);1H. The molecule has 4 nitrogen and oxygen atoms in total. The number of alkyl halides is 2. The molecule has 0 aliphatic heterocycles. The molecular weight excluding hydrogens is 415 g/mol. The lowest BCUT2D eigenvalue weighted by Gasteiger charge is -2.11. The molecule has 0 saturated heterocycles. The van der Waals surface area contributed by atoms with E-state index in [0.717, 1.165) is 37.5 Å². The molecule has 0 unspecified atom stereocenters. The molecule has 0 amide bonds. The first kappa shape index (κ1) is 21.9. The number of guanidine groups is 1. The van der Waals surface area contributed by atoms with Crippen LogP contribution in [0.25, 0.3) is 0 Å². The Hall–Kier alpha value is -1.12. The second-order valence-corrected chi connectivity index (χ2v) is 4.82. The van der Waals surface area contributed by atoms with Gasteiger partial charge >= 0.3 is 0 Å². The fourth-order valence-corrected chi connectivity index (χ4v) is 1.79. The summed E-state index contributed by atoms with van der Waals surface area (Å²) in [5, 5.41) is 6.43. The predicted molar refractivity (Wildman–Crippen MR) is 101 cm³/mol. The number of nitrogens with one attached hydrogen (secondary N) is 2. The zero-order valence-corrected chi connectivity index (χ0v) is 16.0. The van der Waals surface area contributed by atoms with Gasteiger partial charge in [-0.2, -0.15) is 0 Å². The Morgan fingerprint density at radius 1 is 1.26 bits per heavy atom. The summed E-state index contributed by atoms with van der Waals surface area (Å²) in [7, 11) is 0. The van der Waals surface area contributed by atoms with Crippen LogP contribution in [0.5, 0.6) is 5.75 Å². The van der Waals surface area contributed by atoms with Crippen molar-refractivity contribution in [3.05, 3.63) is 29.8 Å². The van der Waals surface area contributed by atoms with Crippen LogP contribution in [-0.4, -0.2) is 32.1 Å². The molecule has 0 heterocycles. The van der Waals surface area contributed by atoms with Gasteiger partial charge in [0.2, 0.25) is 0 Å². The van der Waals surface area contributed by atoms with E-state index in [1.54, 1.807) is 18.2 Å². The van der Waals surface area contributed by atoms with E-state index >= 15 is 0 Å². The Labute approximate surface area is 154 Å². The zero-order chi connectivity index (χ0) is 16.2. The highest BCUT2D eigenvalue weighted by Crippen LogP contribution is 2.14. The Kier molecular flexibility index (Phi) is 12.7. The van der Waals surface area contributed by atoms with Crippen molar-refractivity contribution in [1.29, 1.82) is 0 Å². The summed E-state index contributed by atoms with van der Waals surface area (Å²) in [4.78, 5) is 4.48. The van der Waals surface area contributed by atoms with Crippen LogP contribution >= 0.6 is 24.0 Å². The molecule has 0 saturated carbocycles. The summed E-state index contributed by atoms with van der Waals surface area (Å²) < 4.78 is 29.3. The first-order valence-corrected chi connectivity index (χ1v) is 7.67. The number of rotatable bonds is 9. The van der Waals surface area contributed by atoms with Crippen molar-refractivity contribution < 1.29 is 13.5 Å². The van der Waals surface area contributed by atoms with Crippen molar-refractivity contribution in [3.63, 3.8) is 0 Å². The Morgan fingerprint density at radius 3 is 2.70 bits per heavy atom. The minimum atomic E-state index is -2.47. The maximum Gasteiger partial charge on any atom is 0.272 e. The monoisotopic (exact) mass is 441 g/mol. The largest absolute Gasteiger partial charge is 0.488 e. The van der Waals surface area contributed by atoms with Crippen LogP contribution in [0, 0.1) is 0 Å². The Bertz CT molecular complexity index is 459. The molecule has 0 radical (unpaired) electrons. The highest BCUT2D eigenvalue weighted by atomic mass is 127. The van der Waals surface area contributed by atoms with Gasteiger partial charge in [-0.1, -0.05) is 25.5 Å². The first-order valence-electron chi connectivity index (χ1n) is 7.67. The smallest absolute Gasteiger partial charge is 0.272 e. The molecule has 0 aliphatic carbocycles. The number of hydrogen-bond donors (Lipinski definition) is 2. The highest BCUT2D eigenvalue weighted by molar-refractivity contribution is 14.0. The summed E-state index contributed by atoms with van der Waals surface area (Å²) in [6.45, 7) is 5.68. The molecule has 0 aromatic heterocycles. The van der Waals surface area contributed by atoms with Gasteiger partial charge in [0.15, 0.2) is 5.96 Å². The van der Waals surface area contributed by atoms with Crippen molar-refractivity contribution in [2.75, 3.05) is 19.7 Å². The lowest BCUT2D eigenvalue weighted by Crippen LogP contribution is -2.37. The SMILES string of the molecule is CCCCNC(=NCc1cccc(OCC(F)F)c1)NCC.I. The topological polar surface area (TPSA) is 45.7 Å². The number of halogens is 3. The van der Waals surface area contributed by atoms with E-state index in [1.807, 2.05) is 13.0 Å². The van der Waals surface area contributed by atoms with E-state index < -0.39 is 13.0 Å². The summed E-state index contributed by atoms with van der Waals surface area (Å²) in [6, 6.07) is 7.08. The molecule has 0 aliphatic rings. The highest BCUT2D eigenvalue weighted by Gasteiger charge is 2.04. The fourth-order valence-electron chi connectivity index (χ4n) is 1.79. The quantitative estimate of drug-likeness (QED) is 0.265. The summed E-state index contributed by atoms with van der Waals surface area (Å²) >= 11 is 0. The maximum absolute atomic E-state index is 12.1. The molecule has 7 heteroatoms. The molecule has 0 spiro atoms. The third-order valence-electron chi connectivity index (χ3n) is 2.86. The van der Waals surface area contributed by atoms with Gasteiger partial charge in [-0.15, -0.1) is 24.0 Å². The van der Waals surface area contributed by atoms with Crippen LogP contribution in [0.15, 0.2) is 29.3 Å². The van der Waals surface area contributed by atoms with Crippen molar-refractivity contribution >= 4 is 29.9 Å². The minimum absolute atomic E-state index is 0. The van der Waals surface area contributed by atoms with Crippen LogP contribution < -0.4 is 15.4 Å². The van der Waals surface area contributed by atoms with E-state index in [-0.39, 0.29) is 24.0 Å². The van der Waals surface area contributed by atoms with Gasteiger partial charge in [0.25, 0.3) is 6.43 Å². The van der Waals surface area contributed by atoms with Crippen LogP contribution in [0.4, 0.5) is 8.78 Å². The van der Waals surface area contributed by atoms with Gasteiger partial charge in [0.1, 0.15) is 12.4 Å². The van der Waals surface area contributed by atoms with E-state index in [9.17, 15) is 8.78 Å². The van der Waals surface area contributed by atoms with Crippen molar-refractivity contribution in [2.24, 2.45) is 4.99 Å². The van der Waals surface area contributed by atoms with Gasteiger partial charge in [-0.3, -0.25) is 0 Å². The number of nitrogens with zero attached hydrogens (tertiary/aromatic N) is 1. The fraction of sp³-hybridized carbons (Fsp3) is 0.562. The average molecular weight is 441 g/mol. The van der Waals surface area contributed by atoms with Crippen molar-refractivity contribution in [2.45, 2.75) is 39.7 Å². The van der Waals surface area contributed by atoms with Gasteiger partial charge in [-0.05, 0) is 31.0 Å². The summed E-state index contributed by atoms with van der Waals surface area (Å²) in [6.07, 6.45) is -0.262. The Morgan fingerprint density at radius 2 is 2.04 bits per heavy atom. The van der Waals surface area contributed by atoms with E-state index in [0.29, 0.717) is 12.3 Å². The lowest BCUT2D eigenvalue weighted by atomic mass is 10.2. The molecule has 2 N–H and O–H groups in total. The van der Waals surface area contributed by atoms with Crippen molar-refractivity contribution in [1.82, 2.24) is 10.6 Å². The molecule has 0 atom stereocenters. The molecule has 1 aromatic rings. The molecule has 0 fully saturated rings. The summed E-state index contributed by atoms with van der Waals surface area (Å²) in [5.74, 6) is 1.20. The second kappa shape index (κ2) is 13.3. The van der Waals surface area contributed by atoms with Gasteiger partial charge < -0.3 is 15.4 Å². The van der Waals surface area contributed by atoms with Crippen LogP contribution in [-0.2, 0) is 6.54 Å². The van der Waals surface area contributed by atoms with E-state index in [1.165, 1.54) is 0 Å². The van der Waals surface area contributed by atoms with Crippen LogP contribution in [0.3, 0.4) is 0 Å². The molecule has 1 aromatic carbocycles. The van der Waals surface area contributed by atoms with E-state index in [2.05, 4.69) is 22.5 Å². The normalized spacial score (nSPS) is 11.1. The number of aliphatic imine (C=N–C) groups is 1. The zero-order valence-electron chi connectivity index (χ0n) is 13.6. The van der Waals surface area contributed by atoms with Gasteiger partial charge in [0.05, 0.1) is 6.54 Å². The van der Waals surface area contributed by atoms with Gasteiger partial charge in [0, 0.05) is 13.1 Å². The number of unbranched alkanes of at least 4 members (excludes halogenated alkanes) is 1. The lowest BCUT2D eigenvalue weighted by molar-refractivity contribution is 0.0818. The Balaban J connectivity index is 0.00000484. The number of ether oxygens (including phenoxy) is 1. The first-order chi connectivity index (χ1) is 10.7. The second-order valence-electron chi connectivity index (χ2n) is 4.82. The third-order valence-corrected chi connectivity index (χ3v) is 2.86. The maximum atomic E-state index is 12.1. The molecule has 23 heavy (non-hydrogen) atoms. The van der Waals surface area contributed by atoms with Gasteiger partial charge in [-0.25, -0.2) is 13.8 Å². The predicted octanol–water partition coefficient (Wildman–Crippen LogP) is 3.80. The van der Waals surface area contributed by atoms with E-state index in [4.69, 9.17) is 4.74 Å². The molecule has 132 valence electrons. The number of hydrogen-bond acceptors (Lipinski definition) is 2. The van der Waals surface area contributed by atoms with Crippen LogP contribution in [0.2, 0.25) is 0 Å². The molecular formula is C16H26F2IN3O. The number of benzene rings is 1. The molecule has 0 bridgehead atoms. The summed E-state index contributed by atoms with van der Waals surface area (Å²) in [5.41, 5.74) is 0.916. The molecule has 1 rings (SSSR count). The third kappa shape index (κ3) is 10.3. The minimum Gasteiger partial charge on any atom is -0.488 e.